The van der Waals surface area contributed by atoms with Crippen LogP contribution in [-0.4, -0.2) is 40.6 Å². The third-order valence-electron chi connectivity index (χ3n) is 2.84. The number of hydrogen-bond acceptors (Lipinski definition) is 7. The van der Waals surface area contributed by atoms with Crippen LogP contribution in [0.1, 0.15) is 0 Å². The molecule has 11 nitrogen and oxygen atoms in total. The third kappa shape index (κ3) is 3.78. The Morgan fingerprint density at radius 3 is 2.96 bits per heavy atom. The number of sulfonamides is 1. The molecule has 0 aliphatic heterocycles. The van der Waals surface area contributed by atoms with E-state index in [0.29, 0.717) is 16.8 Å². The van der Waals surface area contributed by atoms with Gasteiger partial charge in [0.25, 0.3) is 0 Å². The zero-order valence-corrected chi connectivity index (χ0v) is 13.1. The molecule has 1 amide bonds. The number of hydrogen-bond donors (Lipinski definition) is 3. The van der Waals surface area contributed by atoms with Crippen LogP contribution >= 0.6 is 0 Å². The lowest BCUT2D eigenvalue weighted by Gasteiger charge is -2.04. The van der Waals surface area contributed by atoms with Crippen LogP contribution in [0.3, 0.4) is 0 Å². The molecule has 0 atom stereocenters. The second kappa shape index (κ2) is 5.81. The number of H-pyrrole nitrogens is 1. The summed E-state index contributed by atoms with van der Waals surface area (Å²) in [6, 6.07) is 4.68. The van der Waals surface area contributed by atoms with Crippen molar-refractivity contribution in [2.75, 3.05) is 16.3 Å². The molecule has 2 heterocycles. The highest BCUT2D eigenvalue weighted by Gasteiger charge is 2.10. The lowest BCUT2D eigenvalue weighted by atomic mass is 10.3. The highest BCUT2D eigenvalue weighted by molar-refractivity contribution is 7.92. The van der Waals surface area contributed by atoms with E-state index in [-0.39, 0.29) is 12.4 Å². The van der Waals surface area contributed by atoms with Crippen LogP contribution < -0.4 is 15.8 Å². The second-order valence-electron chi connectivity index (χ2n) is 4.95. The standard InChI is InChI=1S/C12H12N6O5S/c1-24(21,22)16-10-5-18(17-15-10)6-11(19)13-7-2-3-9-8(4-7)14-12(20)23-9/h2-5,16H,6H2,1H3,(H,13,19)(H,14,20). The van der Waals surface area contributed by atoms with Crippen molar-refractivity contribution in [1.82, 2.24) is 20.0 Å². The summed E-state index contributed by atoms with van der Waals surface area (Å²) in [5.74, 6) is -0.972. The van der Waals surface area contributed by atoms with E-state index in [4.69, 9.17) is 4.42 Å². The number of benzene rings is 1. The van der Waals surface area contributed by atoms with Gasteiger partial charge in [-0.15, -0.1) is 5.10 Å². The maximum atomic E-state index is 12.0. The molecule has 3 N–H and O–H groups in total. The Kier molecular flexibility index (Phi) is 3.81. The fourth-order valence-corrected chi connectivity index (χ4v) is 2.46. The summed E-state index contributed by atoms with van der Waals surface area (Å²) in [7, 11) is -3.46. The number of rotatable bonds is 5. The predicted molar refractivity (Wildman–Crippen MR) is 84.0 cm³/mol. The molecule has 0 fully saturated rings. The smallest absolute Gasteiger partial charge is 0.408 e. The van der Waals surface area contributed by atoms with Crippen molar-refractivity contribution in [2.24, 2.45) is 0 Å². The molecule has 3 aromatic rings. The maximum Gasteiger partial charge on any atom is 0.417 e. The summed E-state index contributed by atoms with van der Waals surface area (Å²) >= 11 is 0. The molecule has 0 unspecified atom stereocenters. The van der Waals surface area contributed by atoms with Gasteiger partial charge in [0.1, 0.15) is 6.54 Å². The van der Waals surface area contributed by atoms with Crippen molar-refractivity contribution in [3.63, 3.8) is 0 Å². The van der Waals surface area contributed by atoms with Crippen molar-refractivity contribution in [3.05, 3.63) is 34.9 Å². The van der Waals surface area contributed by atoms with Crippen molar-refractivity contribution in [2.45, 2.75) is 6.54 Å². The number of aromatic nitrogens is 4. The molecule has 1 aromatic carbocycles. The molecule has 0 saturated carbocycles. The van der Waals surface area contributed by atoms with Gasteiger partial charge in [0, 0.05) is 5.69 Å². The molecule has 0 aliphatic carbocycles. The Morgan fingerprint density at radius 1 is 1.42 bits per heavy atom. The number of amides is 1. The third-order valence-corrected chi connectivity index (χ3v) is 3.42. The summed E-state index contributed by atoms with van der Waals surface area (Å²) < 4.78 is 30.4. The summed E-state index contributed by atoms with van der Waals surface area (Å²) in [4.78, 5) is 25.6. The number of oxazole rings is 1. The molecule has 0 bridgehead atoms. The molecule has 0 aliphatic rings. The number of carbonyl (C=O) groups is 1. The van der Waals surface area contributed by atoms with E-state index in [1.807, 2.05) is 0 Å². The number of anilines is 2. The molecule has 126 valence electrons. The number of carbonyl (C=O) groups excluding carboxylic acids is 1. The number of nitrogens with one attached hydrogen (secondary N) is 3. The SMILES string of the molecule is CS(=O)(=O)Nc1cn(CC(=O)Nc2ccc3oc(=O)[nH]c3c2)nn1. The molecule has 12 heteroatoms. The number of aromatic amines is 1. The largest absolute Gasteiger partial charge is 0.417 e. The summed E-state index contributed by atoms with van der Waals surface area (Å²) in [6.45, 7) is -0.168. The summed E-state index contributed by atoms with van der Waals surface area (Å²) in [5.41, 5.74) is 1.29. The molecule has 2 aromatic heterocycles. The van der Waals surface area contributed by atoms with Gasteiger partial charge in [-0.3, -0.25) is 14.5 Å². The van der Waals surface area contributed by atoms with Crippen molar-refractivity contribution < 1.29 is 17.6 Å². The van der Waals surface area contributed by atoms with E-state index in [9.17, 15) is 18.0 Å². The molecule has 3 rings (SSSR count). The fourth-order valence-electron chi connectivity index (χ4n) is 1.99. The van der Waals surface area contributed by atoms with Crippen LogP contribution in [0.5, 0.6) is 0 Å². The average molecular weight is 352 g/mol. The lowest BCUT2D eigenvalue weighted by molar-refractivity contribution is -0.116. The average Bonchev–Trinajstić information content (AvgIpc) is 3.01. The Bertz CT molecular complexity index is 1060. The molecular weight excluding hydrogens is 340 g/mol. The van der Waals surface area contributed by atoms with E-state index in [1.165, 1.54) is 10.9 Å². The molecular formula is C12H12N6O5S. The van der Waals surface area contributed by atoms with Gasteiger partial charge in [-0.2, -0.15) is 0 Å². The van der Waals surface area contributed by atoms with Gasteiger partial charge in [-0.05, 0) is 18.2 Å². The lowest BCUT2D eigenvalue weighted by Crippen LogP contribution is -2.19. The predicted octanol–water partition coefficient (Wildman–Crippen LogP) is -0.277. The Morgan fingerprint density at radius 2 is 2.21 bits per heavy atom. The van der Waals surface area contributed by atoms with Gasteiger partial charge in [0.05, 0.1) is 18.0 Å². The molecule has 0 saturated heterocycles. The number of fused-ring (bicyclic) bond motifs is 1. The van der Waals surface area contributed by atoms with E-state index >= 15 is 0 Å². The second-order valence-corrected chi connectivity index (χ2v) is 6.70. The van der Waals surface area contributed by atoms with Gasteiger partial charge < -0.3 is 9.73 Å². The van der Waals surface area contributed by atoms with Crippen molar-refractivity contribution in [3.8, 4) is 0 Å². The van der Waals surface area contributed by atoms with E-state index in [2.05, 4.69) is 25.3 Å². The Hall–Kier alpha value is -3.15. The van der Waals surface area contributed by atoms with Crippen LogP contribution in [-0.2, 0) is 21.4 Å². The Balaban J connectivity index is 1.67. The van der Waals surface area contributed by atoms with Crippen LogP contribution in [0.25, 0.3) is 11.1 Å². The van der Waals surface area contributed by atoms with Gasteiger partial charge in [-0.1, -0.05) is 5.21 Å². The normalized spacial score (nSPS) is 11.5. The van der Waals surface area contributed by atoms with Crippen LogP contribution in [0.4, 0.5) is 11.5 Å². The van der Waals surface area contributed by atoms with Gasteiger partial charge in [0.2, 0.25) is 15.9 Å². The minimum Gasteiger partial charge on any atom is -0.408 e. The van der Waals surface area contributed by atoms with Crippen LogP contribution in [0, 0.1) is 0 Å². The fraction of sp³-hybridized carbons (Fsp3) is 0.167. The minimum atomic E-state index is -3.46. The van der Waals surface area contributed by atoms with E-state index in [1.54, 1.807) is 18.2 Å². The van der Waals surface area contributed by atoms with Crippen LogP contribution in [0.15, 0.2) is 33.6 Å². The van der Waals surface area contributed by atoms with Crippen molar-refractivity contribution >= 4 is 38.5 Å². The zero-order chi connectivity index (χ0) is 17.3. The van der Waals surface area contributed by atoms with Gasteiger partial charge in [0.15, 0.2) is 11.4 Å². The summed E-state index contributed by atoms with van der Waals surface area (Å²) in [6.07, 6.45) is 2.27. The first kappa shape index (κ1) is 15.7. The molecule has 0 radical (unpaired) electrons. The first-order valence-electron chi connectivity index (χ1n) is 6.59. The molecule has 24 heavy (non-hydrogen) atoms. The summed E-state index contributed by atoms with van der Waals surface area (Å²) in [5, 5.41) is 9.87. The van der Waals surface area contributed by atoms with Crippen molar-refractivity contribution in [1.29, 1.82) is 0 Å². The van der Waals surface area contributed by atoms with E-state index < -0.39 is 21.7 Å². The zero-order valence-electron chi connectivity index (χ0n) is 12.3. The van der Waals surface area contributed by atoms with Gasteiger partial charge in [-0.25, -0.2) is 17.9 Å². The topological polar surface area (TPSA) is 152 Å². The van der Waals surface area contributed by atoms with E-state index in [0.717, 1.165) is 6.26 Å². The first-order chi connectivity index (χ1) is 11.3. The van der Waals surface area contributed by atoms with Gasteiger partial charge >= 0.3 is 5.76 Å². The maximum absolute atomic E-state index is 12.0. The first-order valence-corrected chi connectivity index (χ1v) is 8.48. The highest BCUT2D eigenvalue weighted by atomic mass is 32.2. The quantitative estimate of drug-likeness (QED) is 0.571. The number of nitrogens with zero attached hydrogens (tertiary/aromatic N) is 3. The highest BCUT2D eigenvalue weighted by Crippen LogP contribution is 2.16. The monoisotopic (exact) mass is 352 g/mol. The van der Waals surface area contributed by atoms with Crippen LogP contribution in [0.2, 0.25) is 0 Å². The molecule has 0 spiro atoms. The minimum absolute atomic E-state index is 0.0164. The Labute approximate surface area is 134 Å².